The minimum Gasteiger partial charge on any atom is -0.324 e. The van der Waals surface area contributed by atoms with E-state index in [1.807, 2.05) is 0 Å². The van der Waals surface area contributed by atoms with Gasteiger partial charge in [-0.15, -0.1) is 0 Å². The lowest BCUT2D eigenvalue weighted by atomic mass is 10.1. The van der Waals surface area contributed by atoms with Crippen LogP contribution in [0.3, 0.4) is 0 Å². The summed E-state index contributed by atoms with van der Waals surface area (Å²) in [5.74, 6) is 2.67. The number of fused-ring (bicyclic) bond motifs is 1. The van der Waals surface area contributed by atoms with Crippen molar-refractivity contribution >= 4 is 39.2 Å². The van der Waals surface area contributed by atoms with E-state index in [-0.39, 0.29) is 0 Å². The Kier molecular flexibility index (Phi) is 3.89. The molecule has 2 aliphatic rings. The van der Waals surface area contributed by atoms with Gasteiger partial charge in [0, 0.05) is 29.6 Å². The fourth-order valence-corrected chi connectivity index (χ4v) is 3.71. The molecule has 7 heteroatoms. The zero-order chi connectivity index (χ0) is 17.5. The number of hydrogen-bond donors (Lipinski definition) is 3. The molecule has 5 rings (SSSR count). The number of anilines is 4. The quantitative estimate of drug-likeness (QED) is 0.561. The Morgan fingerprint density at radius 3 is 2.85 bits per heavy atom. The number of nitrogens with one attached hydrogen (secondary N) is 3. The number of aryl methyl sites for hydroxylation is 2. The zero-order valence-electron chi connectivity index (χ0n) is 14.2. The topological polar surface area (TPSA) is 78.5 Å². The van der Waals surface area contributed by atoms with Gasteiger partial charge < -0.3 is 10.6 Å². The summed E-state index contributed by atoms with van der Waals surface area (Å²) >= 11 is 3.51. The minimum atomic E-state index is 0.562. The molecule has 1 aromatic carbocycles. The smallest absolute Gasteiger partial charge is 0.229 e. The Bertz CT molecular complexity index is 962. The van der Waals surface area contributed by atoms with Crippen LogP contribution in [0.2, 0.25) is 0 Å². The standard InChI is InChI=1S/C19H19BrN6/c20-15-10-21-19(22-14-7-6-11-2-1-3-13(11)8-14)24-18(15)23-17-9-16(25-26-17)12-4-5-12/h6-10,12H,1-5H2,(H3,21,22,23,24,25,26). The van der Waals surface area contributed by atoms with Crippen molar-refractivity contribution in [3.8, 4) is 0 Å². The highest BCUT2D eigenvalue weighted by molar-refractivity contribution is 9.10. The molecule has 0 amide bonds. The van der Waals surface area contributed by atoms with Crippen LogP contribution in [0, 0.1) is 0 Å². The SMILES string of the molecule is Brc1cnc(Nc2ccc3c(c2)CCC3)nc1Nc1cc(C2CC2)[nH]n1. The number of rotatable bonds is 5. The summed E-state index contributed by atoms with van der Waals surface area (Å²) in [6.45, 7) is 0. The largest absolute Gasteiger partial charge is 0.324 e. The molecule has 2 aromatic heterocycles. The fourth-order valence-electron chi connectivity index (χ4n) is 3.42. The third-order valence-electron chi connectivity index (χ3n) is 4.96. The van der Waals surface area contributed by atoms with Crippen LogP contribution in [0.15, 0.2) is 34.9 Å². The average molecular weight is 411 g/mol. The van der Waals surface area contributed by atoms with Gasteiger partial charge in [-0.3, -0.25) is 5.10 Å². The van der Waals surface area contributed by atoms with E-state index in [4.69, 9.17) is 0 Å². The summed E-state index contributed by atoms with van der Waals surface area (Å²) in [4.78, 5) is 8.97. The molecule has 6 nitrogen and oxygen atoms in total. The summed E-state index contributed by atoms with van der Waals surface area (Å²) in [6, 6.07) is 8.56. The van der Waals surface area contributed by atoms with Crippen LogP contribution < -0.4 is 10.6 Å². The van der Waals surface area contributed by atoms with Crippen LogP contribution in [0.1, 0.15) is 42.0 Å². The second-order valence-electron chi connectivity index (χ2n) is 6.96. The van der Waals surface area contributed by atoms with Crippen molar-refractivity contribution < 1.29 is 0 Å². The van der Waals surface area contributed by atoms with Crippen LogP contribution in [0.4, 0.5) is 23.3 Å². The number of halogens is 1. The lowest BCUT2D eigenvalue weighted by Crippen LogP contribution is -2.02. The van der Waals surface area contributed by atoms with E-state index in [9.17, 15) is 0 Å². The molecule has 1 saturated carbocycles. The van der Waals surface area contributed by atoms with E-state index >= 15 is 0 Å². The summed E-state index contributed by atoms with van der Waals surface area (Å²) in [5, 5.41) is 14.0. The van der Waals surface area contributed by atoms with Crippen molar-refractivity contribution in [1.29, 1.82) is 0 Å². The van der Waals surface area contributed by atoms with Crippen molar-refractivity contribution in [3.05, 3.63) is 51.8 Å². The number of H-pyrrole nitrogens is 1. The molecule has 26 heavy (non-hydrogen) atoms. The van der Waals surface area contributed by atoms with Gasteiger partial charge in [0.05, 0.1) is 4.47 Å². The number of nitrogens with zero attached hydrogens (tertiary/aromatic N) is 3. The van der Waals surface area contributed by atoms with Crippen molar-refractivity contribution in [2.45, 2.75) is 38.0 Å². The second-order valence-corrected chi connectivity index (χ2v) is 7.81. The van der Waals surface area contributed by atoms with Crippen molar-refractivity contribution in [2.24, 2.45) is 0 Å². The normalized spacial score (nSPS) is 15.7. The fraction of sp³-hybridized carbons (Fsp3) is 0.316. The minimum absolute atomic E-state index is 0.562. The highest BCUT2D eigenvalue weighted by atomic mass is 79.9. The molecule has 3 N–H and O–H groups in total. The first kappa shape index (κ1) is 15.8. The molecule has 2 heterocycles. The molecule has 0 aliphatic heterocycles. The molecule has 3 aromatic rings. The average Bonchev–Trinajstić information content (AvgIpc) is 3.21. The number of hydrogen-bond acceptors (Lipinski definition) is 5. The highest BCUT2D eigenvalue weighted by Crippen LogP contribution is 2.39. The summed E-state index contributed by atoms with van der Waals surface area (Å²) < 4.78 is 0.799. The van der Waals surface area contributed by atoms with Gasteiger partial charge >= 0.3 is 0 Å². The van der Waals surface area contributed by atoms with Gasteiger partial charge in [-0.1, -0.05) is 6.07 Å². The molecule has 0 atom stereocenters. The van der Waals surface area contributed by atoms with Crippen molar-refractivity contribution in [1.82, 2.24) is 20.2 Å². The summed E-state index contributed by atoms with van der Waals surface area (Å²) in [6.07, 6.45) is 7.82. The lowest BCUT2D eigenvalue weighted by molar-refractivity contribution is 0.912. The van der Waals surface area contributed by atoms with Crippen molar-refractivity contribution in [2.75, 3.05) is 10.6 Å². The van der Waals surface area contributed by atoms with E-state index in [1.165, 1.54) is 42.5 Å². The Morgan fingerprint density at radius 1 is 1.08 bits per heavy atom. The summed E-state index contributed by atoms with van der Waals surface area (Å²) in [5.41, 5.74) is 5.10. The van der Waals surface area contributed by atoms with Gasteiger partial charge in [-0.2, -0.15) is 10.1 Å². The maximum Gasteiger partial charge on any atom is 0.229 e. The monoisotopic (exact) mass is 410 g/mol. The molecule has 2 aliphatic carbocycles. The molecule has 132 valence electrons. The number of aromatic amines is 1. The zero-order valence-corrected chi connectivity index (χ0v) is 15.8. The highest BCUT2D eigenvalue weighted by Gasteiger charge is 2.25. The molecule has 0 spiro atoms. The Labute approximate surface area is 160 Å². The maximum atomic E-state index is 4.59. The molecule has 1 fully saturated rings. The first-order valence-electron chi connectivity index (χ1n) is 8.98. The summed E-state index contributed by atoms with van der Waals surface area (Å²) in [7, 11) is 0. The van der Waals surface area contributed by atoms with Crippen LogP contribution in [-0.4, -0.2) is 20.2 Å². The van der Waals surface area contributed by atoms with Gasteiger partial charge in [0.15, 0.2) is 11.6 Å². The van der Waals surface area contributed by atoms with E-state index in [1.54, 1.807) is 6.20 Å². The molecule has 0 saturated heterocycles. The third kappa shape index (κ3) is 3.19. The molecule has 0 unspecified atom stereocenters. The van der Waals surface area contributed by atoms with Crippen molar-refractivity contribution in [3.63, 3.8) is 0 Å². The second kappa shape index (κ2) is 6.39. The van der Waals surface area contributed by atoms with Crippen LogP contribution in [0.25, 0.3) is 0 Å². The van der Waals surface area contributed by atoms with Crippen LogP contribution >= 0.6 is 15.9 Å². The van der Waals surface area contributed by atoms with Crippen LogP contribution in [-0.2, 0) is 12.8 Å². The van der Waals surface area contributed by atoms with E-state index in [2.05, 4.69) is 71.0 Å². The maximum absolute atomic E-state index is 4.59. The van der Waals surface area contributed by atoms with Crippen LogP contribution in [0.5, 0.6) is 0 Å². The lowest BCUT2D eigenvalue weighted by Gasteiger charge is -2.10. The molecular weight excluding hydrogens is 392 g/mol. The predicted molar refractivity (Wildman–Crippen MR) is 105 cm³/mol. The van der Waals surface area contributed by atoms with E-state index in [0.29, 0.717) is 17.7 Å². The predicted octanol–water partition coefficient (Wildman–Crippen LogP) is 4.82. The molecular formula is C19H19BrN6. The van der Waals surface area contributed by atoms with E-state index < -0.39 is 0 Å². The Morgan fingerprint density at radius 2 is 1.96 bits per heavy atom. The van der Waals surface area contributed by atoms with Gasteiger partial charge in [-0.05, 0) is 71.3 Å². The number of aromatic nitrogens is 4. The third-order valence-corrected chi connectivity index (χ3v) is 5.54. The molecule has 0 bridgehead atoms. The Balaban J connectivity index is 1.35. The first-order valence-corrected chi connectivity index (χ1v) is 9.77. The van der Waals surface area contributed by atoms with Gasteiger partial charge in [-0.25, -0.2) is 4.98 Å². The van der Waals surface area contributed by atoms with Gasteiger partial charge in [0.1, 0.15) is 0 Å². The van der Waals surface area contributed by atoms with E-state index in [0.717, 1.165) is 22.4 Å². The van der Waals surface area contributed by atoms with Gasteiger partial charge in [0.25, 0.3) is 0 Å². The number of benzene rings is 1. The molecule has 0 radical (unpaired) electrons. The first-order chi connectivity index (χ1) is 12.7. The Hall–Kier alpha value is -2.41. The van der Waals surface area contributed by atoms with Gasteiger partial charge in [0.2, 0.25) is 5.95 Å².